The third kappa shape index (κ3) is 9.13. The lowest BCUT2D eigenvalue weighted by Crippen LogP contribution is -2.37. The fourth-order valence-corrected chi connectivity index (χ4v) is 5.64. The van der Waals surface area contributed by atoms with Crippen LogP contribution in [0.15, 0.2) is 48.5 Å². The van der Waals surface area contributed by atoms with Crippen LogP contribution in [0, 0.1) is 11.7 Å². The highest BCUT2D eigenvalue weighted by Gasteiger charge is 2.23. The average Bonchev–Trinajstić information content (AvgIpc) is 3.04. The molecule has 1 aliphatic heterocycles. The smallest absolute Gasteiger partial charge is 0.306 e. The van der Waals surface area contributed by atoms with Gasteiger partial charge in [0, 0.05) is 30.8 Å². The van der Waals surface area contributed by atoms with Gasteiger partial charge in [0.25, 0.3) is 0 Å². The molecule has 1 saturated carbocycles. The van der Waals surface area contributed by atoms with Crippen LogP contribution in [-0.2, 0) is 27.8 Å². The van der Waals surface area contributed by atoms with Crippen molar-refractivity contribution in [3.63, 3.8) is 0 Å². The van der Waals surface area contributed by atoms with E-state index >= 15 is 0 Å². The predicted molar refractivity (Wildman–Crippen MR) is 147 cm³/mol. The number of hydrogen-bond donors (Lipinski definition) is 1. The minimum absolute atomic E-state index is 0. The first-order valence-electron chi connectivity index (χ1n) is 12.7. The van der Waals surface area contributed by atoms with Crippen LogP contribution in [0.3, 0.4) is 0 Å². The fraction of sp³-hybridized carbons (Fsp3) is 0.464. The third-order valence-corrected chi connectivity index (χ3v) is 7.68. The van der Waals surface area contributed by atoms with Crippen molar-refractivity contribution in [3.8, 4) is 5.75 Å². The second-order valence-electron chi connectivity index (χ2n) is 9.93. The molecule has 2 aromatic rings. The maximum Gasteiger partial charge on any atom is 0.306 e. The highest BCUT2D eigenvalue weighted by molar-refractivity contribution is 7.86. The first kappa shape index (κ1) is 29.1. The number of carbonyl (C=O) groups excluding carboxylic acids is 1. The molecule has 0 spiro atoms. The summed E-state index contributed by atoms with van der Waals surface area (Å²) in [7, 11) is -3.52. The lowest BCUT2D eigenvalue weighted by atomic mass is 9.84. The Kier molecular flexibility index (Phi) is 10.6. The molecule has 2 aromatic carbocycles. The summed E-state index contributed by atoms with van der Waals surface area (Å²) >= 11 is 0. The lowest BCUT2D eigenvalue weighted by Gasteiger charge is -2.30. The van der Waals surface area contributed by atoms with Crippen molar-refractivity contribution < 1.29 is 21.8 Å². The molecule has 1 N–H and O–H groups in total. The molecule has 6 nitrogen and oxygen atoms in total. The molecule has 1 aliphatic carbocycles. The van der Waals surface area contributed by atoms with Gasteiger partial charge in [0.15, 0.2) is 0 Å². The Balaban J connectivity index is 0.00000380. The van der Waals surface area contributed by atoms with E-state index in [0.29, 0.717) is 17.2 Å². The van der Waals surface area contributed by atoms with Gasteiger partial charge >= 0.3 is 10.1 Å². The van der Waals surface area contributed by atoms with Crippen molar-refractivity contribution in [2.75, 3.05) is 25.9 Å². The standard InChI is InChI=1S/C28H35FN2O4S.ClH/c1-36(33,34)35-26-12-8-22-15-18-31(19-16-24(22)20-26)17-14-21-6-10-25(11-7-21)30-28(32)13-9-23-4-2-3-5-27(23)29;/h2-5,8-9,12-13,20-21,25H,6-7,10-11,14-19H2,1H3,(H,30,32);1H/b13-9+;. The van der Waals surface area contributed by atoms with E-state index in [1.54, 1.807) is 24.3 Å². The molecule has 0 atom stereocenters. The molecule has 0 bridgehead atoms. The van der Waals surface area contributed by atoms with E-state index in [4.69, 9.17) is 4.18 Å². The molecular weight excluding hydrogens is 515 g/mol. The molecule has 202 valence electrons. The summed E-state index contributed by atoms with van der Waals surface area (Å²) in [5.74, 6) is 0.542. The van der Waals surface area contributed by atoms with Crippen molar-refractivity contribution in [3.05, 3.63) is 71.0 Å². The molecule has 9 heteroatoms. The molecular formula is C28H36ClFN2O4S. The zero-order valence-corrected chi connectivity index (χ0v) is 22.8. The molecule has 0 unspecified atom stereocenters. The zero-order valence-electron chi connectivity index (χ0n) is 21.2. The number of benzene rings is 2. The Morgan fingerprint density at radius 3 is 2.49 bits per heavy atom. The first-order valence-corrected chi connectivity index (χ1v) is 14.5. The number of nitrogens with zero attached hydrogens (tertiary/aromatic N) is 1. The van der Waals surface area contributed by atoms with Crippen molar-refractivity contribution in [1.29, 1.82) is 0 Å². The maximum atomic E-state index is 13.7. The Morgan fingerprint density at radius 2 is 1.78 bits per heavy atom. The molecule has 0 saturated heterocycles. The summed E-state index contributed by atoms with van der Waals surface area (Å²) in [6, 6.07) is 12.2. The van der Waals surface area contributed by atoms with E-state index in [1.807, 2.05) is 12.1 Å². The van der Waals surface area contributed by atoms with Crippen LogP contribution in [0.1, 0.15) is 48.8 Å². The summed E-state index contributed by atoms with van der Waals surface area (Å²) in [6.07, 6.45) is 11.1. The Labute approximate surface area is 225 Å². The topological polar surface area (TPSA) is 75.7 Å². The number of carbonyl (C=O) groups is 1. The van der Waals surface area contributed by atoms with Crippen LogP contribution < -0.4 is 9.50 Å². The summed E-state index contributed by atoms with van der Waals surface area (Å²) in [6.45, 7) is 3.00. The van der Waals surface area contributed by atoms with Gasteiger partial charge in [-0.05, 0) is 92.8 Å². The summed E-state index contributed by atoms with van der Waals surface area (Å²) < 4.78 is 41.6. The Bertz CT molecular complexity index is 1200. The van der Waals surface area contributed by atoms with E-state index in [1.165, 1.54) is 29.3 Å². The number of hydrogen-bond acceptors (Lipinski definition) is 5. The van der Waals surface area contributed by atoms with Crippen molar-refractivity contribution in [2.45, 2.75) is 51.0 Å². The van der Waals surface area contributed by atoms with Crippen LogP contribution in [0.2, 0.25) is 0 Å². The number of amides is 1. The molecule has 1 fully saturated rings. The van der Waals surface area contributed by atoms with Crippen molar-refractivity contribution in [2.24, 2.45) is 5.92 Å². The van der Waals surface area contributed by atoms with E-state index in [-0.39, 0.29) is 30.2 Å². The van der Waals surface area contributed by atoms with Crippen molar-refractivity contribution >= 4 is 34.5 Å². The van der Waals surface area contributed by atoms with Crippen molar-refractivity contribution in [1.82, 2.24) is 10.2 Å². The third-order valence-electron chi connectivity index (χ3n) is 7.19. The summed E-state index contributed by atoms with van der Waals surface area (Å²) in [5.41, 5.74) is 2.84. The molecule has 0 aromatic heterocycles. The van der Waals surface area contributed by atoms with Crippen LogP contribution in [0.25, 0.3) is 6.08 Å². The maximum absolute atomic E-state index is 13.7. The van der Waals surface area contributed by atoms with Gasteiger partial charge in [0.05, 0.1) is 6.26 Å². The number of rotatable bonds is 8. The van der Waals surface area contributed by atoms with Gasteiger partial charge < -0.3 is 14.4 Å². The monoisotopic (exact) mass is 550 g/mol. The van der Waals surface area contributed by atoms with Gasteiger partial charge in [0.2, 0.25) is 5.91 Å². The van der Waals surface area contributed by atoms with E-state index in [2.05, 4.69) is 10.2 Å². The minimum atomic E-state index is -3.52. The SMILES string of the molecule is CS(=O)(=O)Oc1ccc2c(c1)CCN(CCC1CCC(NC(=O)/C=C/c3ccccc3F)CC1)CC2.Cl. The second-order valence-corrected chi connectivity index (χ2v) is 11.5. The lowest BCUT2D eigenvalue weighted by molar-refractivity contribution is -0.117. The normalized spacial score (nSPS) is 20.5. The number of nitrogens with one attached hydrogen (secondary N) is 1. The Hall–Kier alpha value is -2.42. The quantitative estimate of drug-likeness (QED) is 0.379. The molecule has 0 radical (unpaired) electrons. The fourth-order valence-electron chi connectivity index (χ4n) is 5.18. The largest absolute Gasteiger partial charge is 0.383 e. The van der Waals surface area contributed by atoms with E-state index < -0.39 is 10.1 Å². The van der Waals surface area contributed by atoms with E-state index in [9.17, 15) is 17.6 Å². The van der Waals surface area contributed by atoms with Gasteiger partial charge in [-0.25, -0.2) is 4.39 Å². The van der Waals surface area contributed by atoms with Crippen LogP contribution in [0.5, 0.6) is 5.75 Å². The first-order chi connectivity index (χ1) is 17.2. The predicted octanol–water partition coefficient (Wildman–Crippen LogP) is 4.77. The average molecular weight is 551 g/mol. The van der Waals surface area contributed by atoms with Gasteiger partial charge in [0.1, 0.15) is 11.6 Å². The van der Waals surface area contributed by atoms with Gasteiger partial charge in [-0.2, -0.15) is 8.42 Å². The van der Waals surface area contributed by atoms with Gasteiger partial charge in [-0.1, -0.05) is 24.3 Å². The molecule has 4 rings (SSSR count). The van der Waals surface area contributed by atoms with Gasteiger partial charge in [-0.15, -0.1) is 12.4 Å². The second kappa shape index (κ2) is 13.4. The van der Waals surface area contributed by atoms with Crippen LogP contribution in [0.4, 0.5) is 4.39 Å². The number of fused-ring (bicyclic) bond motifs is 1. The highest BCUT2D eigenvalue weighted by atomic mass is 35.5. The zero-order chi connectivity index (χ0) is 25.5. The summed E-state index contributed by atoms with van der Waals surface area (Å²) in [5, 5.41) is 3.07. The summed E-state index contributed by atoms with van der Waals surface area (Å²) in [4.78, 5) is 14.8. The van der Waals surface area contributed by atoms with E-state index in [0.717, 1.165) is 70.8 Å². The van der Waals surface area contributed by atoms with Gasteiger partial charge in [-0.3, -0.25) is 4.79 Å². The minimum Gasteiger partial charge on any atom is -0.383 e. The molecule has 1 heterocycles. The van der Waals surface area contributed by atoms with Crippen LogP contribution >= 0.6 is 12.4 Å². The number of halogens is 2. The van der Waals surface area contributed by atoms with Crippen LogP contribution in [-0.4, -0.2) is 51.2 Å². The Morgan fingerprint density at radius 1 is 1.08 bits per heavy atom. The molecule has 37 heavy (non-hydrogen) atoms. The molecule has 2 aliphatic rings. The molecule has 1 amide bonds. The highest BCUT2D eigenvalue weighted by Crippen LogP contribution is 2.28.